The molecule has 0 aliphatic carbocycles. The summed E-state index contributed by atoms with van der Waals surface area (Å²) in [6, 6.07) is 9.22. The van der Waals surface area contributed by atoms with Gasteiger partial charge >= 0.3 is 0 Å². The molecule has 1 fully saturated rings. The minimum Gasteiger partial charge on any atom is -0.385 e. The van der Waals surface area contributed by atoms with Gasteiger partial charge in [-0.2, -0.15) is 9.39 Å². The summed E-state index contributed by atoms with van der Waals surface area (Å²) in [6.07, 6.45) is 17.9. The Morgan fingerprint density at radius 2 is 2.00 bits per heavy atom. The van der Waals surface area contributed by atoms with E-state index in [-0.39, 0.29) is 0 Å². The molecule has 3 unspecified atom stereocenters. The molecule has 0 amide bonds. The molecule has 0 spiro atoms. The van der Waals surface area contributed by atoms with Crippen LogP contribution in [-0.4, -0.2) is 59.0 Å². The van der Waals surface area contributed by atoms with Crippen molar-refractivity contribution in [1.29, 1.82) is 0 Å². The van der Waals surface area contributed by atoms with Crippen LogP contribution in [0.3, 0.4) is 0 Å². The van der Waals surface area contributed by atoms with Crippen molar-refractivity contribution in [3.63, 3.8) is 0 Å². The van der Waals surface area contributed by atoms with Gasteiger partial charge in [-0.1, -0.05) is 64.1 Å². The number of rotatable bonds is 11. The summed E-state index contributed by atoms with van der Waals surface area (Å²) in [4.78, 5) is 7.26. The molecule has 1 aromatic heterocycles. The van der Waals surface area contributed by atoms with E-state index in [0.717, 1.165) is 67.8 Å². The Morgan fingerprint density at radius 1 is 1.29 bits per heavy atom. The molecule has 230 valence electrons. The van der Waals surface area contributed by atoms with Crippen LogP contribution in [0.4, 0.5) is 5.82 Å². The molecule has 5 heteroatoms. The monoisotopic (exact) mass is 588 g/mol. The number of benzene rings is 1. The summed E-state index contributed by atoms with van der Waals surface area (Å²) < 4.78 is 2.47. The van der Waals surface area contributed by atoms with Crippen LogP contribution in [0.1, 0.15) is 88.6 Å². The second kappa shape index (κ2) is 16.6. The number of allylic oxidation sites excluding steroid dienone is 1. The smallest absolute Gasteiger partial charge is 0.136 e. The van der Waals surface area contributed by atoms with E-state index in [2.05, 4.69) is 118 Å². The maximum absolute atomic E-state index is 5.29. The van der Waals surface area contributed by atoms with E-state index in [4.69, 9.17) is 11.4 Å². The van der Waals surface area contributed by atoms with Gasteiger partial charge in [0.25, 0.3) is 0 Å². The van der Waals surface area contributed by atoms with Gasteiger partial charge in [-0.3, -0.25) is 4.31 Å². The van der Waals surface area contributed by atoms with Crippen molar-refractivity contribution in [2.75, 3.05) is 30.8 Å². The number of nitrogens with one attached hydrogen (secondary N) is 1. The summed E-state index contributed by atoms with van der Waals surface area (Å²) >= 11 is 0. The molecule has 2 aromatic rings. The highest BCUT2D eigenvalue weighted by atomic mass is 32.2. The Balaban J connectivity index is 0.000000468. The highest BCUT2D eigenvalue weighted by Gasteiger charge is 2.27. The van der Waals surface area contributed by atoms with Crippen LogP contribution in [-0.2, 0) is 6.42 Å². The molecule has 1 aromatic carbocycles. The largest absolute Gasteiger partial charge is 0.385 e. The standard InChI is InChI=1S/C26H44N4S.C11H12/c1-10-16-30(22(6)11-2)26-24(23(12-3)13-15-27-26)18-21(5)28-25-14-17-29(19-20(25)4)31(7,8)9;1-4-10-6-9(3)7-11(5-2)8-10/h12-13,15,18,20,22,25,28H,3,7-8,10-11,14,16-17,19H2,1-2,4-6,9H3;1,6-8H,5H2,2-3H3/b21-18+;. The first-order valence-electron chi connectivity index (χ1n) is 15.5. The number of aryl methyl sites for hydroxylation is 2. The molecule has 4 nitrogen and oxygen atoms in total. The second-order valence-electron chi connectivity index (χ2n) is 12.0. The van der Waals surface area contributed by atoms with Gasteiger partial charge in [0, 0.05) is 54.7 Å². The zero-order valence-electron chi connectivity index (χ0n) is 27.7. The van der Waals surface area contributed by atoms with E-state index in [1.807, 2.05) is 18.3 Å². The lowest BCUT2D eigenvalue weighted by Crippen LogP contribution is -2.46. The van der Waals surface area contributed by atoms with Gasteiger partial charge < -0.3 is 10.2 Å². The van der Waals surface area contributed by atoms with Crippen LogP contribution >= 0.6 is 9.39 Å². The van der Waals surface area contributed by atoms with Crippen molar-refractivity contribution in [2.45, 2.75) is 86.2 Å². The average molecular weight is 589 g/mol. The fraction of sp³-hybridized carbons (Fsp3) is 0.486. The minimum absolute atomic E-state index is 0.444. The molecule has 2 heterocycles. The number of terminal acetylenes is 1. The lowest BCUT2D eigenvalue weighted by molar-refractivity contribution is 0.242. The first-order valence-corrected chi connectivity index (χ1v) is 17.8. The van der Waals surface area contributed by atoms with E-state index >= 15 is 0 Å². The molecular weight excluding hydrogens is 533 g/mol. The SMILES string of the molecule is C#Cc1cc(C)cc(CC)c1.C=Cc1ccnc(N(CCC)C(C)CC)c1/C=C(\C)NC1CCN(S(=C)(=C)C)CC1C. The molecule has 3 atom stereocenters. The lowest BCUT2D eigenvalue weighted by Gasteiger charge is -2.40. The quantitative estimate of drug-likeness (QED) is 0.212. The topological polar surface area (TPSA) is 31.4 Å². The van der Waals surface area contributed by atoms with Crippen LogP contribution in [0.2, 0.25) is 0 Å². The third-order valence-electron chi connectivity index (χ3n) is 8.06. The van der Waals surface area contributed by atoms with Gasteiger partial charge in [0.15, 0.2) is 0 Å². The normalized spacial score (nSPS) is 18.3. The van der Waals surface area contributed by atoms with E-state index < -0.39 is 9.39 Å². The van der Waals surface area contributed by atoms with Crippen LogP contribution in [0.25, 0.3) is 12.2 Å². The van der Waals surface area contributed by atoms with E-state index in [9.17, 15) is 0 Å². The first kappa shape index (κ1) is 35.3. The molecule has 1 aliphatic rings. The van der Waals surface area contributed by atoms with Gasteiger partial charge in [0.1, 0.15) is 5.82 Å². The number of hydrogen-bond donors (Lipinski definition) is 1. The van der Waals surface area contributed by atoms with Crippen molar-refractivity contribution >= 4 is 39.1 Å². The number of pyridine rings is 1. The Kier molecular flexibility index (Phi) is 14.0. The van der Waals surface area contributed by atoms with Crippen LogP contribution in [0.5, 0.6) is 0 Å². The van der Waals surface area contributed by atoms with Gasteiger partial charge in [-0.05, 0) is 99.6 Å². The molecule has 0 saturated carbocycles. The van der Waals surface area contributed by atoms with Crippen molar-refractivity contribution in [1.82, 2.24) is 14.6 Å². The molecule has 0 radical (unpaired) electrons. The van der Waals surface area contributed by atoms with Gasteiger partial charge in [-0.15, -0.1) is 6.42 Å². The number of hydrogen-bond acceptors (Lipinski definition) is 4. The third-order valence-corrected chi connectivity index (χ3v) is 9.64. The summed E-state index contributed by atoms with van der Waals surface area (Å²) in [5.41, 5.74) is 7.03. The molecule has 1 saturated heterocycles. The van der Waals surface area contributed by atoms with E-state index in [1.54, 1.807) is 0 Å². The lowest BCUT2D eigenvalue weighted by atomic mass is 9.95. The number of aromatic nitrogens is 1. The van der Waals surface area contributed by atoms with Gasteiger partial charge in [0.2, 0.25) is 0 Å². The average Bonchev–Trinajstić information content (AvgIpc) is 2.96. The summed E-state index contributed by atoms with van der Waals surface area (Å²) in [7, 11) is -1.13. The van der Waals surface area contributed by atoms with Crippen LogP contribution in [0, 0.1) is 25.2 Å². The third kappa shape index (κ3) is 10.1. The molecule has 1 N–H and O–H groups in total. The summed E-state index contributed by atoms with van der Waals surface area (Å²) in [5.74, 6) is 12.9. The zero-order valence-corrected chi connectivity index (χ0v) is 28.5. The molecule has 0 bridgehead atoms. The maximum Gasteiger partial charge on any atom is 0.136 e. The van der Waals surface area contributed by atoms with Gasteiger partial charge in [0.05, 0.1) is 0 Å². The Morgan fingerprint density at radius 3 is 2.55 bits per heavy atom. The van der Waals surface area contributed by atoms with Crippen molar-refractivity contribution in [3.8, 4) is 12.3 Å². The number of anilines is 1. The molecule has 1 aliphatic heterocycles. The predicted molar refractivity (Wildman–Crippen MR) is 194 cm³/mol. The van der Waals surface area contributed by atoms with Crippen molar-refractivity contribution in [2.24, 2.45) is 5.92 Å². The number of nitrogens with zero attached hydrogens (tertiary/aromatic N) is 3. The maximum atomic E-state index is 5.29. The first-order chi connectivity index (χ1) is 19.9. The highest BCUT2D eigenvalue weighted by molar-refractivity contribution is 8.25. The fourth-order valence-corrected chi connectivity index (χ4v) is 6.59. The van der Waals surface area contributed by atoms with Crippen molar-refractivity contribution in [3.05, 3.63) is 70.6 Å². The zero-order chi connectivity index (χ0) is 31.4. The van der Waals surface area contributed by atoms with Crippen LogP contribution < -0.4 is 10.2 Å². The summed E-state index contributed by atoms with van der Waals surface area (Å²) in [6.45, 7) is 22.6. The molecular formula is C37H56N4S. The Hall–Kier alpha value is -2.94. The van der Waals surface area contributed by atoms with Crippen molar-refractivity contribution < 1.29 is 0 Å². The van der Waals surface area contributed by atoms with Gasteiger partial charge in [-0.25, -0.2) is 4.98 Å². The molecule has 3 rings (SSSR count). The van der Waals surface area contributed by atoms with E-state index in [1.165, 1.54) is 16.8 Å². The number of piperidine rings is 1. The second-order valence-corrected chi connectivity index (χ2v) is 14.9. The molecule has 42 heavy (non-hydrogen) atoms. The minimum atomic E-state index is -1.13. The summed E-state index contributed by atoms with van der Waals surface area (Å²) in [5, 5.41) is 3.80. The Bertz CT molecular complexity index is 1350. The van der Waals surface area contributed by atoms with Crippen LogP contribution in [0.15, 0.2) is 42.7 Å². The highest BCUT2D eigenvalue weighted by Crippen LogP contribution is 2.30. The van der Waals surface area contributed by atoms with E-state index in [0.29, 0.717) is 18.0 Å². The Labute approximate surface area is 258 Å². The fourth-order valence-electron chi connectivity index (χ4n) is 5.45. The predicted octanol–water partition coefficient (Wildman–Crippen LogP) is 8.15.